The van der Waals surface area contributed by atoms with Crippen LogP contribution in [0.5, 0.6) is 11.5 Å². The lowest BCUT2D eigenvalue weighted by molar-refractivity contribution is -0.186. The second-order valence-electron chi connectivity index (χ2n) is 6.32. The SMILES string of the molecule is COc1ccc(CCC(=O)NC2CCN(C(=O)C(F)(F)F)CC2)cc1OC. The number of ether oxygens (including phenoxy) is 2. The quantitative estimate of drug-likeness (QED) is 0.812. The molecule has 2 rings (SSSR count). The fourth-order valence-corrected chi connectivity index (χ4v) is 3.00. The molecule has 0 bridgehead atoms. The molecule has 1 saturated heterocycles. The number of likely N-dealkylation sites (tertiary alicyclic amines) is 1. The smallest absolute Gasteiger partial charge is 0.471 e. The van der Waals surface area contributed by atoms with Gasteiger partial charge in [-0.3, -0.25) is 9.59 Å². The van der Waals surface area contributed by atoms with E-state index in [-0.39, 0.29) is 31.5 Å². The van der Waals surface area contributed by atoms with Crippen molar-refractivity contribution in [3.63, 3.8) is 0 Å². The molecule has 6 nitrogen and oxygen atoms in total. The van der Waals surface area contributed by atoms with Gasteiger partial charge in [-0.1, -0.05) is 6.07 Å². The molecule has 1 N–H and O–H groups in total. The number of nitrogens with zero attached hydrogens (tertiary/aromatic N) is 1. The summed E-state index contributed by atoms with van der Waals surface area (Å²) < 4.78 is 47.7. The molecule has 1 heterocycles. The molecular formula is C18H23F3N2O4. The van der Waals surface area contributed by atoms with Gasteiger partial charge < -0.3 is 19.7 Å². The maximum Gasteiger partial charge on any atom is 0.471 e. The highest BCUT2D eigenvalue weighted by Gasteiger charge is 2.43. The van der Waals surface area contributed by atoms with Gasteiger partial charge in [0.2, 0.25) is 5.91 Å². The van der Waals surface area contributed by atoms with E-state index < -0.39 is 12.1 Å². The molecule has 1 aliphatic heterocycles. The molecule has 0 spiro atoms. The van der Waals surface area contributed by atoms with E-state index in [1.807, 2.05) is 6.07 Å². The van der Waals surface area contributed by atoms with Crippen LogP contribution in [-0.4, -0.2) is 56.2 Å². The van der Waals surface area contributed by atoms with Crippen LogP contribution in [0, 0.1) is 0 Å². The molecule has 150 valence electrons. The van der Waals surface area contributed by atoms with Crippen molar-refractivity contribution in [3.8, 4) is 11.5 Å². The minimum atomic E-state index is -4.85. The van der Waals surface area contributed by atoms with Crippen molar-refractivity contribution in [1.82, 2.24) is 10.2 Å². The first-order valence-corrected chi connectivity index (χ1v) is 8.61. The highest BCUT2D eigenvalue weighted by Crippen LogP contribution is 2.28. The normalized spacial score (nSPS) is 15.4. The van der Waals surface area contributed by atoms with Crippen LogP contribution in [0.4, 0.5) is 13.2 Å². The van der Waals surface area contributed by atoms with Crippen molar-refractivity contribution in [2.24, 2.45) is 0 Å². The summed E-state index contributed by atoms with van der Waals surface area (Å²) in [7, 11) is 3.07. The third-order valence-corrected chi connectivity index (χ3v) is 4.48. The fourth-order valence-electron chi connectivity index (χ4n) is 3.00. The summed E-state index contributed by atoms with van der Waals surface area (Å²) in [5.41, 5.74) is 0.911. The number of hydrogen-bond donors (Lipinski definition) is 1. The predicted octanol–water partition coefficient (Wildman–Crippen LogP) is 2.31. The van der Waals surface area contributed by atoms with Gasteiger partial charge in [-0.2, -0.15) is 13.2 Å². The van der Waals surface area contributed by atoms with E-state index in [0.717, 1.165) is 10.5 Å². The van der Waals surface area contributed by atoms with E-state index >= 15 is 0 Å². The summed E-state index contributed by atoms with van der Waals surface area (Å²) in [6, 6.07) is 5.18. The molecule has 0 aliphatic carbocycles. The number of piperidine rings is 1. The average Bonchev–Trinajstić information content (AvgIpc) is 2.65. The maximum absolute atomic E-state index is 12.4. The van der Waals surface area contributed by atoms with Crippen molar-refractivity contribution in [1.29, 1.82) is 0 Å². The Morgan fingerprint density at radius 1 is 1.15 bits per heavy atom. The fraction of sp³-hybridized carbons (Fsp3) is 0.556. The van der Waals surface area contributed by atoms with E-state index in [4.69, 9.17) is 9.47 Å². The van der Waals surface area contributed by atoms with Crippen molar-refractivity contribution < 1.29 is 32.2 Å². The Morgan fingerprint density at radius 3 is 2.33 bits per heavy atom. The number of aryl methyl sites for hydroxylation is 1. The molecule has 1 aromatic carbocycles. The van der Waals surface area contributed by atoms with Crippen molar-refractivity contribution in [3.05, 3.63) is 23.8 Å². The van der Waals surface area contributed by atoms with Gasteiger partial charge in [0.1, 0.15) is 0 Å². The molecule has 1 aliphatic rings. The number of nitrogens with one attached hydrogen (secondary N) is 1. The van der Waals surface area contributed by atoms with Gasteiger partial charge in [-0.25, -0.2) is 0 Å². The summed E-state index contributed by atoms with van der Waals surface area (Å²) in [6.07, 6.45) is -3.49. The summed E-state index contributed by atoms with van der Waals surface area (Å²) in [6.45, 7) is -0.0298. The van der Waals surface area contributed by atoms with Crippen LogP contribution in [0.15, 0.2) is 18.2 Å². The van der Waals surface area contributed by atoms with E-state index in [1.165, 1.54) is 7.11 Å². The summed E-state index contributed by atoms with van der Waals surface area (Å²) >= 11 is 0. The number of halogens is 3. The van der Waals surface area contributed by atoms with Crippen LogP contribution < -0.4 is 14.8 Å². The van der Waals surface area contributed by atoms with Gasteiger partial charge in [0.15, 0.2) is 11.5 Å². The zero-order valence-electron chi connectivity index (χ0n) is 15.3. The molecule has 0 radical (unpaired) electrons. The Hall–Kier alpha value is -2.45. The number of carbonyl (C=O) groups is 2. The monoisotopic (exact) mass is 388 g/mol. The van der Waals surface area contributed by atoms with Crippen LogP contribution >= 0.6 is 0 Å². The Morgan fingerprint density at radius 2 is 1.78 bits per heavy atom. The molecule has 0 aromatic heterocycles. The van der Waals surface area contributed by atoms with Gasteiger partial charge in [-0.15, -0.1) is 0 Å². The van der Waals surface area contributed by atoms with Crippen molar-refractivity contribution >= 4 is 11.8 Å². The number of carbonyl (C=O) groups excluding carboxylic acids is 2. The Balaban J connectivity index is 1.78. The highest BCUT2D eigenvalue weighted by atomic mass is 19.4. The third kappa shape index (κ3) is 5.77. The number of rotatable bonds is 6. The number of amides is 2. The summed E-state index contributed by atoms with van der Waals surface area (Å²) in [4.78, 5) is 24.1. The third-order valence-electron chi connectivity index (χ3n) is 4.48. The minimum Gasteiger partial charge on any atom is -0.493 e. The van der Waals surface area contributed by atoms with E-state index in [9.17, 15) is 22.8 Å². The van der Waals surface area contributed by atoms with Crippen LogP contribution in [0.3, 0.4) is 0 Å². The standard InChI is InChI=1S/C18H23F3N2O4/c1-26-14-5-3-12(11-15(14)27-2)4-6-16(24)22-13-7-9-23(10-8-13)17(25)18(19,20)21/h3,5,11,13H,4,6-10H2,1-2H3,(H,22,24). The molecule has 0 unspecified atom stereocenters. The largest absolute Gasteiger partial charge is 0.493 e. The lowest BCUT2D eigenvalue weighted by Crippen LogP contribution is -2.50. The average molecular weight is 388 g/mol. The molecule has 0 atom stereocenters. The number of benzene rings is 1. The van der Waals surface area contributed by atoms with Crippen LogP contribution in [0.1, 0.15) is 24.8 Å². The van der Waals surface area contributed by atoms with E-state index in [1.54, 1.807) is 19.2 Å². The topological polar surface area (TPSA) is 67.9 Å². The van der Waals surface area contributed by atoms with Crippen LogP contribution in [0.2, 0.25) is 0 Å². The Kier molecular flexibility index (Phi) is 6.92. The van der Waals surface area contributed by atoms with Crippen LogP contribution in [0.25, 0.3) is 0 Å². The molecule has 1 fully saturated rings. The first-order chi connectivity index (χ1) is 12.7. The zero-order valence-corrected chi connectivity index (χ0v) is 15.3. The first kappa shape index (κ1) is 20.9. The number of alkyl halides is 3. The molecular weight excluding hydrogens is 365 g/mol. The second-order valence-corrected chi connectivity index (χ2v) is 6.32. The van der Waals surface area contributed by atoms with Gasteiger partial charge in [0.05, 0.1) is 14.2 Å². The molecule has 0 saturated carbocycles. The van der Waals surface area contributed by atoms with Gasteiger partial charge in [0.25, 0.3) is 0 Å². The molecule has 2 amide bonds. The van der Waals surface area contributed by atoms with Crippen molar-refractivity contribution in [2.75, 3.05) is 27.3 Å². The molecule has 1 aromatic rings. The van der Waals surface area contributed by atoms with Crippen LogP contribution in [-0.2, 0) is 16.0 Å². The molecule has 27 heavy (non-hydrogen) atoms. The summed E-state index contributed by atoms with van der Waals surface area (Å²) in [5, 5.41) is 2.82. The zero-order chi connectivity index (χ0) is 20.0. The highest BCUT2D eigenvalue weighted by molar-refractivity contribution is 5.82. The van der Waals surface area contributed by atoms with Gasteiger partial charge >= 0.3 is 12.1 Å². The maximum atomic E-state index is 12.4. The van der Waals surface area contributed by atoms with E-state index in [2.05, 4.69) is 5.32 Å². The van der Waals surface area contributed by atoms with E-state index in [0.29, 0.717) is 30.8 Å². The minimum absolute atomic E-state index is 0.0149. The second kappa shape index (κ2) is 8.96. The lowest BCUT2D eigenvalue weighted by atomic mass is 10.0. The van der Waals surface area contributed by atoms with Crippen molar-refractivity contribution in [2.45, 2.75) is 37.9 Å². The first-order valence-electron chi connectivity index (χ1n) is 8.61. The predicted molar refractivity (Wildman–Crippen MR) is 91.7 cm³/mol. The molecule has 9 heteroatoms. The number of hydrogen-bond acceptors (Lipinski definition) is 4. The lowest BCUT2D eigenvalue weighted by Gasteiger charge is -2.32. The van der Waals surface area contributed by atoms with Gasteiger partial charge in [-0.05, 0) is 37.0 Å². The number of methoxy groups -OCH3 is 2. The summed E-state index contributed by atoms with van der Waals surface area (Å²) in [5.74, 6) is -0.811. The Labute approximate surface area is 155 Å². The Bertz CT molecular complexity index is 671. The van der Waals surface area contributed by atoms with Gasteiger partial charge in [0, 0.05) is 25.6 Å².